The van der Waals surface area contributed by atoms with Gasteiger partial charge >= 0.3 is 5.97 Å². The molecular formula is C13H18N2O3. The summed E-state index contributed by atoms with van der Waals surface area (Å²) >= 11 is 0. The van der Waals surface area contributed by atoms with Crippen LogP contribution < -0.4 is 11.1 Å². The van der Waals surface area contributed by atoms with Crippen molar-refractivity contribution in [2.24, 2.45) is 0 Å². The number of carbonyl (C=O) groups excluding carboxylic acids is 2. The molecular weight excluding hydrogens is 232 g/mol. The van der Waals surface area contributed by atoms with E-state index in [4.69, 9.17) is 10.5 Å². The first-order valence-electron chi connectivity index (χ1n) is 5.72. The Morgan fingerprint density at radius 1 is 1.33 bits per heavy atom. The van der Waals surface area contributed by atoms with Crippen molar-refractivity contribution in [3.05, 3.63) is 29.8 Å². The van der Waals surface area contributed by atoms with Gasteiger partial charge in [-0.25, -0.2) is 4.79 Å². The van der Waals surface area contributed by atoms with Crippen molar-refractivity contribution in [1.29, 1.82) is 0 Å². The summed E-state index contributed by atoms with van der Waals surface area (Å²) in [5.41, 5.74) is 5.32. The number of nitrogens with one attached hydrogen (secondary N) is 1. The molecule has 1 aromatic rings. The highest BCUT2D eigenvalue weighted by Gasteiger charge is 2.31. The fourth-order valence-electron chi connectivity index (χ4n) is 1.42. The summed E-state index contributed by atoms with van der Waals surface area (Å²) in [6, 6.07) is 6.68. The number of hydrogen-bond acceptors (Lipinski definition) is 4. The zero-order valence-electron chi connectivity index (χ0n) is 10.8. The third-order valence-corrected chi connectivity index (χ3v) is 2.42. The van der Waals surface area contributed by atoms with Crippen molar-refractivity contribution in [1.82, 2.24) is 5.32 Å². The molecule has 18 heavy (non-hydrogen) atoms. The van der Waals surface area contributed by atoms with Gasteiger partial charge in [-0.2, -0.15) is 0 Å². The van der Waals surface area contributed by atoms with Crippen LogP contribution in [0.1, 0.15) is 31.1 Å². The quantitative estimate of drug-likeness (QED) is 0.624. The van der Waals surface area contributed by atoms with Gasteiger partial charge in [0, 0.05) is 5.69 Å². The van der Waals surface area contributed by atoms with Crippen LogP contribution in [-0.2, 0) is 9.53 Å². The van der Waals surface area contributed by atoms with E-state index in [2.05, 4.69) is 5.32 Å². The molecule has 0 saturated carbocycles. The average Bonchev–Trinajstić information content (AvgIpc) is 2.29. The molecule has 0 aliphatic rings. The zero-order chi connectivity index (χ0) is 13.8. The van der Waals surface area contributed by atoms with Crippen LogP contribution in [0.25, 0.3) is 0 Å². The van der Waals surface area contributed by atoms with Gasteiger partial charge in [-0.05, 0) is 32.9 Å². The molecule has 0 aromatic heterocycles. The number of nitrogens with two attached hydrogens (primary N) is 1. The Labute approximate surface area is 106 Å². The minimum absolute atomic E-state index is 0.269. The Bertz CT molecular complexity index is 455. The number of carbonyl (C=O) groups is 2. The van der Waals surface area contributed by atoms with Gasteiger partial charge in [0.25, 0.3) is 5.91 Å². The summed E-state index contributed by atoms with van der Waals surface area (Å²) in [5.74, 6) is -0.876. The fourth-order valence-corrected chi connectivity index (χ4v) is 1.42. The number of para-hydroxylation sites is 1. The van der Waals surface area contributed by atoms with Crippen molar-refractivity contribution in [2.45, 2.75) is 26.3 Å². The average molecular weight is 250 g/mol. The number of nitrogen functional groups attached to an aromatic ring is 1. The number of anilines is 1. The predicted molar refractivity (Wildman–Crippen MR) is 69.0 cm³/mol. The first kappa shape index (κ1) is 14.0. The Kier molecular flexibility index (Phi) is 4.31. The maximum absolute atomic E-state index is 12.0. The predicted octanol–water partition coefficient (Wildman–Crippen LogP) is 1.34. The molecule has 0 bridgehead atoms. The number of ether oxygens (including phenoxy) is 1. The molecule has 0 aliphatic carbocycles. The second-order valence-electron chi connectivity index (χ2n) is 4.39. The van der Waals surface area contributed by atoms with E-state index in [9.17, 15) is 9.59 Å². The second-order valence-corrected chi connectivity index (χ2v) is 4.39. The largest absolute Gasteiger partial charge is 0.464 e. The normalized spacial score (nSPS) is 10.8. The molecule has 5 heteroatoms. The first-order chi connectivity index (χ1) is 8.38. The Morgan fingerprint density at radius 2 is 1.94 bits per heavy atom. The van der Waals surface area contributed by atoms with Crippen LogP contribution in [0, 0.1) is 0 Å². The molecule has 0 heterocycles. The van der Waals surface area contributed by atoms with E-state index in [0.717, 1.165) is 0 Å². The lowest BCUT2D eigenvalue weighted by Gasteiger charge is -2.24. The van der Waals surface area contributed by atoms with Gasteiger partial charge in [0.1, 0.15) is 5.54 Å². The van der Waals surface area contributed by atoms with Crippen LogP contribution in [0.3, 0.4) is 0 Å². The molecule has 1 amide bonds. The van der Waals surface area contributed by atoms with Gasteiger partial charge < -0.3 is 15.8 Å². The van der Waals surface area contributed by atoms with E-state index < -0.39 is 17.4 Å². The summed E-state index contributed by atoms with van der Waals surface area (Å²) < 4.78 is 4.89. The number of amides is 1. The van der Waals surface area contributed by atoms with Gasteiger partial charge in [0.2, 0.25) is 0 Å². The van der Waals surface area contributed by atoms with Crippen LogP contribution in [-0.4, -0.2) is 24.0 Å². The van der Waals surface area contributed by atoms with Crippen LogP contribution in [0.15, 0.2) is 24.3 Å². The van der Waals surface area contributed by atoms with E-state index >= 15 is 0 Å². The monoisotopic (exact) mass is 250 g/mol. The third-order valence-electron chi connectivity index (χ3n) is 2.42. The maximum Gasteiger partial charge on any atom is 0.331 e. The van der Waals surface area contributed by atoms with Gasteiger partial charge in [-0.15, -0.1) is 0 Å². The fraction of sp³-hybridized carbons (Fsp3) is 0.385. The van der Waals surface area contributed by atoms with Crippen LogP contribution in [0.2, 0.25) is 0 Å². The summed E-state index contributed by atoms with van der Waals surface area (Å²) in [4.78, 5) is 23.6. The molecule has 3 N–H and O–H groups in total. The highest BCUT2D eigenvalue weighted by Crippen LogP contribution is 2.13. The second kappa shape index (κ2) is 5.53. The maximum atomic E-state index is 12.0. The SMILES string of the molecule is CCOC(=O)C(C)(C)NC(=O)c1ccccc1N. The highest BCUT2D eigenvalue weighted by atomic mass is 16.5. The summed E-state index contributed by atoms with van der Waals surface area (Å²) in [6.45, 7) is 5.15. The molecule has 0 atom stereocenters. The molecule has 1 aromatic carbocycles. The van der Waals surface area contributed by atoms with E-state index in [-0.39, 0.29) is 6.61 Å². The lowest BCUT2D eigenvalue weighted by atomic mass is 10.0. The Hall–Kier alpha value is -2.04. The lowest BCUT2D eigenvalue weighted by molar-refractivity contribution is -0.149. The number of benzene rings is 1. The van der Waals surface area contributed by atoms with Gasteiger partial charge in [0.05, 0.1) is 12.2 Å². The Morgan fingerprint density at radius 3 is 2.50 bits per heavy atom. The van der Waals surface area contributed by atoms with Crippen LogP contribution >= 0.6 is 0 Å². The molecule has 0 saturated heterocycles. The van der Waals surface area contributed by atoms with Crippen molar-refractivity contribution >= 4 is 17.6 Å². The molecule has 5 nitrogen and oxygen atoms in total. The molecule has 98 valence electrons. The summed E-state index contributed by atoms with van der Waals surface area (Å²) in [6.07, 6.45) is 0. The number of hydrogen-bond donors (Lipinski definition) is 2. The van der Waals surface area contributed by atoms with E-state index in [1.165, 1.54) is 0 Å². The molecule has 0 aliphatic heterocycles. The zero-order valence-corrected chi connectivity index (χ0v) is 10.8. The molecule has 0 radical (unpaired) electrons. The van der Waals surface area contributed by atoms with Gasteiger partial charge in [-0.3, -0.25) is 4.79 Å². The van der Waals surface area contributed by atoms with E-state index in [1.807, 2.05) is 0 Å². The lowest BCUT2D eigenvalue weighted by Crippen LogP contribution is -2.50. The van der Waals surface area contributed by atoms with Crippen molar-refractivity contribution in [3.63, 3.8) is 0 Å². The minimum Gasteiger partial charge on any atom is -0.464 e. The van der Waals surface area contributed by atoms with Gasteiger partial charge in [-0.1, -0.05) is 12.1 Å². The standard InChI is InChI=1S/C13H18N2O3/c1-4-18-12(17)13(2,3)15-11(16)9-7-5-6-8-10(9)14/h5-8H,4,14H2,1-3H3,(H,15,16). The molecule has 1 rings (SSSR count). The number of esters is 1. The molecule has 0 fully saturated rings. The van der Waals surface area contributed by atoms with Crippen molar-refractivity contribution < 1.29 is 14.3 Å². The smallest absolute Gasteiger partial charge is 0.331 e. The highest BCUT2D eigenvalue weighted by molar-refractivity contribution is 6.01. The van der Waals surface area contributed by atoms with Gasteiger partial charge in [0.15, 0.2) is 0 Å². The van der Waals surface area contributed by atoms with E-state index in [1.54, 1.807) is 45.0 Å². The summed E-state index contributed by atoms with van der Waals surface area (Å²) in [7, 11) is 0. The topological polar surface area (TPSA) is 81.4 Å². The minimum atomic E-state index is -1.09. The Balaban J connectivity index is 2.82. The van der Waals surface area contributed by atoms with Crippen molar-refractivity contribution in [3.8, 4) is 0 Å². The number of rotatable bonds is 4. The van der Waals surface area contributed by atoms with Crippen LogP contribution in [0.5, 0.6) is 0 Å². The van der Waals surface area contributed by atoms with Crippen molar-refractivity contribution in [2.75, 3.05) is 12.3 Å². The molecule has 0 unspecified atom stereocenters. The third kappa shape index (κ3) is 3.23. The first-order valence-corrected chi connectivity index (χ1v) is 5.72. The van der Waals surface area contributed by atoms with Crippen LogP contribution in [0.4, 0.5) is 5.69 Å². The summed E-state index contributed by atoms with van der Waals surface area (Å²) in [5, 5.41) is 2.60. The van der Waals surface area contributed by atoms with E-state index in [0.29, 0.717) is 11.3 Å². The molecule has 0 spiro atoms.